The van der Waals surface area contributed by atoms with Gasteiger partial charge in [0.15, 0.2) is 17.5 Å². The van der Waals surface area contributed by atoms with E-state index in [1.54, 1.807) is 0 Å². The first-order valence-corrected chi connectivity index (χ1v) is 10.8. The van der Waals surface area contributed by atoms with Crippen LogP contribution in [-0.4, -0.2) is 11.1 Å². The molecule has 1 aliphatic carbocycles. The Morgan fingerprint density at radius 3 is 2.12 bits per heavy atom. The third kappa shape index (κ3) is 5.03. The Hall–Kier alpha value is -2.70. The third-order valence-corrected chi connectivity index (χ3v) is 6.11. The Bertz CT molecular complexity index is 1000. The number of halogens is 5. The molecule has 0 heterocycles. The summed E-state index contributed by atoms with van der Waals surface area (Å²) in [5, 5.41) is 9.23. The highest BCUT2D eigenvalue weighted by atomic mass is 19.2. The first-order chi connectivity index (χ1) is 15.2. The van der Waals surface area contributed by atoms with Crippen molar-refractivity contribution in [1.82, 2.24) is 0 Å². The van der Waals surface area contributed by atoms with Crippen LogP contribution in [0.15, 0.2) is 30.4 Å². The Morgan fingerprint density at radius 1 is 0.938 bits per heavy atom. The van der Waals surface area contributed by atoms with Crippen LogP contribution in [0.2, 0.25) is 0 Å². The van der Waals surface area contributed by atoms with Crippen LogP contribution in [0, 0.1) is 35.0 Å². The van der Waals surface area contributed by atoms with E-state index in [9.17, 15) is 27.5 Å². The minimum absolute atomic E-state index is 0.149. The van der Waals surface area contributed by atoms with Gasteiger partial charge in [0.2, 0.25) is 0 Å². The second-order valence-corrected chi connectivity index (χ2v) is 8.28. The molecule has 2 aromatic rings. The van der Waals surface area contributed by atoms with Gasteiger partial charge in [-0.05, 0) is 79.7 Å². The molecule has 7 heteroatoms. The van der Waals surface area contributed by atoms with Crippen LogP contribution in [0.3, 0.4) is 0 Å². The van der Waals surface area contributed by atoms with Crippen LogP contribution in [0.1, 0.15) is 73.7 Å². The zero-order valence-corrected chi connectivity index (χ0v) is 17.7. The van der Waals surface area contributed by atoms with E-state index in [4.69, 9.17) is 0 Å². The predicted octanol–water partition coefficient (Wildman–Crippen LogP) is 7.77. The largest absolute Gasteiger partial charge is 0.477 e. The molecule has 1 aliphatic rings. The first kappa shape index (κ1) is 24.0. The second-order valence-electron chi connectivity index (χ2n) is 8.28. The van der Waals surface area contributed by atoms with Gasteiger partial charge in [-0.15, -0.1) is 0 Å². The van der Waals surface area contributed by atoms with E-state index in [2.05, 4.69) is 19.1 Å². The van der Waals surface area contributed by atoms with Crippen molar-refractivity contribution in [3.63, 3.8) is 0 Å². The first-order valence-electron chi connectivity index (χ1n) is 10.8. The highest BCUT2D eigenvalue weighted by molar-refractivity contribution is 5.91. The Kier molecular flexibility index (Phi) is 7.69. The summed E-state index contributed by atoms with van der Waals surface area (Å²) in [4.78, 5) is 11.4. The van der Waals surface area contributed by atoms with Gasteiger partial charge in [-0.2, -0.15) is 0 Å². The van der Waals surface area contributed by atoms with E-state index >= 15 is 4.39 Å². The molecule has 1 saturated carbocycles. The maximum atomic E-state index is 15.2. The van der Waals surface area contributed by atoms with E-state index in [1.807, 2.05) is 0 Å². The number of benzene rings is 2. The smallest absolute Gasteiger partial charge is 0.341 e. The average Bonchev–Trinajstić information content (AvgIpc) is 2.74. The lowest BCUT2D eigenvalue weighted by Gasteiger charge is -2.30. The van der Waals surface area contributed by atoms with Crippen molar-refractivity contribution >= 4 is 5.97 Å². The molecule has 1 N–H and O–H groups in total. The molecule has 2 aromatic carbocycles. The van der Waals surface area contributed by atoms with Gasteiger partial charge < -0.3 is 5.11 Å². The fourth-order valence-electron chi connectivity index (χ4n) is 4.43. The molecule has 0 amide bonds. The molecule has 0 bridgehead atoms. The highest BCUT2D eigenvalue weighted by Gasteiger charge is 2.30. The molecule has 0 aliphatic heterocycles. The monoisotopic (exact) mass is 452 g/mol. The summed E-state index contributed by atoms with van der Waals surface area (Å²) in [5.74, 6) is -9.17. The van der Waals surface area contributed by atoms with Crippen LogP contribution < -0.4 is 0 Å². The van der Waals surface area contributed by atoms with Crippen molar-refractivity contribution in [3.05, 3.63) is 70.6 Å². The fraction of sp³-hybridized carbons (Fsp3) is 0.400. The van der Waals surface area contributed by atoms with E-state index in [0.29, 0.717) is 30.9 Å². The van der Waals surface area contributed by atoms with Crippen molar-refractivity contribution < 1.29 is 31.9 Å². The molecular weight excluding hydrogens is 427 g/mol. The number of hydrogen-bond acceptors (Lipinski definition) is 1. The number of carboxylic acids is 1. The molecule has 2 nitrogen and oxygen atoms in total. The number of unbranched alkanes of at least 4 members (excludes halogenated alkanes) is 1. The van der Waals surface area contributed by atoms with Gasteiger partial charge in [0.05, 0.1) is 0 Å². The van der Waals surface area contributed by atoms with Gasteiger partial charge in [-0.3, -0.25) is 0 Å². The van der Waals surface area contributed by atoms with Crippen molar-refractivity contribution in [2.45, 2.75) is 57.8 Å². The molecule has 3 rings (SSSR count). The zero-order chi connectivity index (χ0) is 23.4. The maximum absolute atomic E-state index is 15.2. The Balaban J connectivity index is 1.99. The summed E-state index contributed by atoms with van der Waals surface area (Å²) in [6, 6.07) is 2.15. The minimum atomic E-state index is -1.83. The SMILES string of the molecule is CCC/C=C/CC1CCC(c2cc(F)c(C(=O)O)c(F)c2-c2cc(F)c(F)c(F)c2)CC1. The quantitative estimate of drug-likeness (QED) is 0.265. The van der Waals surface area contributed by atoms with Crippen LogP contribution in [0.25, 0.3) is 11.1 Å². The zero-order valence-electron chi connectivity index (χ0n) is 17.7. The third-order valence-electron chi connectivity index (χ3n) is 6.11. The highest BCUT2D eigenvalue weighted by Crippen LogP contribution is 2.43. The molecule has 0 atom stereocenters. The molecule has 0 unspecified atom stereocenters. The molecule has 0 aromatic heterocycles. The van der Waals surface area contributed by atoms with Gasteiger partial charge in [0.1, 0.15) is 17.2 Å². The Morgan fingerprint density at radius 2 is 1.56 bits per heavy atom. The summed E-state index contributed by atoms with van der Waals surface area (Å²) in [6.45, 7) is 2.10. The van der Waals surface area contributed by atoms with Gasteiger partial charge in [-0.1, -0.05) is 25.5 Å². The van der Waals surface area contributed by atoms with Crippen LogP contribution in [-0.2, 0) is 0 Å². The summed E-state index contributed by atoms with van der Waals surface area (Å²) in [6.07, 6.45) is 10.1. The van der Waals surface area contributed by atoms with Gasteiger partial charge >= 0.3 is 5.97 Å². The number of carboxylic acid groups (broad SMARTS) is 1. The lowest BCUT2D eigenvalue weighted by molar-refractivity contribution is 0.0686. The second kappa shape index (κ2) is 10.3. The normalized spacial score (nSPS) is 18.9. The summed E-state index contributed by atoms with van der Waals surface area (Å²) >= 11 is 0. The Labute approximate surface area is 183 Å². The molecule has 32 heavy (non-hydrogen) atoms. The molecule has 172 valence electrons. The lowest BCUT2D eigenvalue weighted by atomic mass is 9.75. The summed E-state index contributed by atoms with van der Waals surface area (Å²) < 4.78 is 70.9. The van der Waals surface area contributed by atoms with Crippen molar-refractivity contribution in [2.24, 2.45) is 5.92 Å². The number of hydrogen-bond donors (Lipinski definition) is 1. The van der Waals surface area contributed by atoms with Gasteiger partial charge in [0.25, 0.3) is 0 Å². The van der Waals surface area contributed by atoms with Crippen molar-refractivity contribution in [1.29, 1.82) is 0 Å². The lowest BCUT2D eigenvalue weighted by Crippen LogP contribution is -2.16. The number of carbonyl (C=O) groups is 1. The van der Waals surface area contributed by atoms with Gasteiger partial charge in [-0.25, -0.2) is 26.7 Å². The molecule has 0 saturated heterocycles. The number of allylic oxidation sites excluding steroid dienone is 2. The summed E-state index contributed by atoms with van der Waals surface area (Å²) in [7, 11) is 0. The molecular formula is C25H25F5O2. The minimum Gasteiger partial charge on any atom is -0.477 e. The topological polar surface area (TPSA) is 37.3 Å². The van der Waals surface area contributed by atoms with Gasteiger partial charge in [0, 0.05) is 5.56 Å². The van der Waals surface area contributed by atoms with E-state index < -0.39 is 46.2 Å². The predicted molar refractivity (Wildman–Crippen MR) is 112 cm³/mol. The van der Waals surface area contributed by atoms with Crippen LogP contribution >= 0.6 is 0 Å². The number of rotatable bonds is 7. The molecule has 0 radical (unpaired) electrons. The maximum Gasteiger partial charge on any atom is 0.341 e. The van der Waals surface area contributed by atoms with E-state index in [0.717, 1.165) is 38.2 Å². The average molecular weight is 452 g/mol. The molecule has 1 fully saturated rings. The van der Waals surface area contributed by atoms with Crippen molar-refractivity contribution in [3.8, 4) is 11.1 Å². The fourth-order valence-corrected chi connectivity index (χ4v) is 4.43. The standard InChI is InChI=1S/C25H25F5O2/c1-2-3-4-5-6-14-7-9-15(10-8-14)17-13-18(26)22(25(31)32)24(30)21(17)16-11-19(27)23(29)20(28)12-16/h4-5,11-15H,2-3,6-10H2,1H3,(H,31,32)/b5-4+. The van der Waals surface area contributed by atoms with Crippen LogP contribution in [0.5, 0.6) is 0 Å². The number of aromatic carboxylic acids is 1. The van der Waals surface area contributed by atoms with E-state index in [-0.39, 0.29) is 17.0 Å². The molecule has 0 spiro atoms. The van der Waals surface area contributed by atoms with Crippen LogP contribution in [0.4, 0.5) is 22.0 Å². The van der Waals surface area contributed by atoms with Crippen molar-refractivity contribution in [2.75, 3.05) is 0 Å². The van der Waals surface area contributed by atoms with E-state index in [1.165, 1.54) is 0 Å². The summed E-state index contributed by atoms with van der Waals surface area (Å²) in [5.41, 5.74) is -1.81.